The third-order valence-corrected chi connectivity index (χ3v) is 8.57. The van der Waals surface area contributed by atoms with Gasteiger partial charge in [0, 0.05) is 40.0 Å². The fourth-order valence-corrected chi connectivity index (χ4v) is 6.58. The summed E-state index contributed by atoms with van der Waals surface area (Å²) >= 11 is 0. The Kier molecular flexibility index (Phi) is 5.26. The second kappa shape index (κ2) is 9.43. The molecule has 0 bridgehead atoms. The first-order valence-corrected chi connectivity index (χ1v) is 14.6. The van der Waals surface area contributed by atoms with Crippen molar-refractivity contribution in [2.75, 3.05) is 4.90 Å². The maximum atomic E-state index is 6.66. The van der Waals surface area contributed by atoms with Crippen LogP contribution in [0.2, 0.25) is 0 Å². The molecule has 2 N–H and O–H groups in total. The van der Waals surface area contributed by atoms with E-state index in [9.17, 15) is 0 Å². The maximum absolute atomic E-state index is 6.66. The van der Waals surface area contributed by atoms with E-state index in [1.807, 2.05) is 18.5 Å². The summed E-state index contributed by atoms with van der Waals surface area (Å²) in [5.41, 5.74) is 9.30. The highest BCUT2D eigenvalue weighted by atomic mass is 16.3. The highest BCUT2D eigenvalue weighted by Gasteiger charge is 2.27. The number of nitrogens with zero attached hydrogens (tertiary/aromatic N) is 1. The van der Waals surface area contributed by atoms with Gasteiger partial charge in [0.05, 0.1) is 23.6 Å². The van der Waals surface area contributed by atoms with Crippen LogP contribution in [0.1, 0.15) is 22.6 Å². The lowest BCUT2D eigenvalue weighted by Crippen LogP contribution is -2.11. The second-order valence-electron chi connectivity index (χ2n) is 11.0. The summed E-state index contributed by atoms with van der Waals surface area (Å²) in [6.07, 6.45) is 8.06. The molecule has 0 spiro atoms. The van der Waals surface area contributed by atoms with Crippen LogP contribution >= 0.6 is 0 Å². The predicted octanol–water partition coefficient (Wildman–Crippen LogP) is 9.62. The van der Waals surface area contributed by atoms with Crippen molar-refractivity contribution in [3.05, 3.63) is 138 Å². The molecular weight excluding hydrogens is 530 g/mol. The van der Waals surface area contributed by atoms with Crippen molar-refractivity contribution in [1.29, 1.82) is 0 Å². The SMILES string of the molecule is C1=Cc2c(oc3c(N(c4cc(-c5ccccc5)cc5ccccc45)c4cccc5c6c(oc45)C=CNC6)cccc23)CN1. The van der Waals surface area contributed by atoms with Crippen LogP contribution in [0, 0.1) is 0 Å². The van der Waals surface area contributed by atoms with E-state index in [2.05, 4.69) is 125 Å². The highest BCUT2D eigenvalue weighted by Crippen LogP contribution is 2.48. The van der Waals surface area contributed by atoms with Crippen LogP contribution in [-0.4, -0.2) is 0 Å². The van der Waals surface area contributed by atoms with Crippen LogP contribution in [0.15, 0.2) is 124 Å². The van der Waals surface area contributed by atoms with Crippen LogP contribution in [-0.2, 0) is 13.1 Å². The number of nitrogens with one attached hydrogen (secondary N) is 2. The Hall–Kier alpha value is -5.68. The largest absolute Gasteiger partial charge is 0.456 e. The van der Waals surface area contributed by atoms with Gasteiger partial charge in [0.1, 0.15) is 11.5 Å². The molecule has 5 heteroatoms. The van der Waals surface area contributed by atoms with Crippen LogP contribution in [0.5, 0.6) is 0 Å². The molecule has 5 aromatic carbocycles. The molecule has 4 heterocycles. The van der Waals surface area contributed by atoms with Gasteiger partial charge < -0.3 is 24.4 Å². The lowest BCUT2D eigenvalue weighted by Gasteiger charge is -2.27. The number of rotatable bonds is 4. The molecule has 7 aromatic rings. The molecule has 2 aromatic heterocycles. The molecule has 0 saturated carbocycles. The summed E-state index contributed by atoms with van der Waals surface area (Å²) in [7, 11) is 0. The predicted molar refractivity (Wildman–Crippen MR) is 175 cm³/mol. The number of hydrogen-bond donors (Lipinski definition) is 2. The van der Waals surface area contributed by atoms with Gasteiger partial charge >= 0.3 is 0 Å². The normalized spacial score (nSPS) is 13.6. The fourth-order valence-electron chi connectivity index (χ4n) is 6.58. The van der Waals surface area contributed by atoms with Crippen molar-refractivity contribution < 1.29 is 8.83 Å². The summed E-state index contributed by atoms with van der Waals surface area (Å²) in [6.45, 7) is 1.39. The first-order valence-electron chi connectivity index (χ1n) is 14.6. The second-order valence-corrected chi connectivity index (χ2v) is 11.0. The molecule has 0 atom stereocenters. The first kappa shape index (κ1) is 24.0. The molecule has 0 fully saturated rings. The van der Waals surface area contributed by atoms with Gasteiger partial charge in [0.25, 0.3) is 0 Å². The van der Waals surface area contributed by atoms with E-state index in [4.69, 9.17) is 8.83 Å². The van der Waals surface area contributed by atoms with Gasteiger partial charge in [0.15, 0.2) is 11.2 Å². The molecule has 0 unspecified atom stereocenters. The topological polar surface area (TPSA) is 53.6 Å². The smallest absolute Gasteiger partial charge is 0.159 e. The Labute approximate surface area is 248 Å². The van der Waals surface area contributed by atoms with E-state index >= 15 is 0 Å². The molecular formula is C38H27N3O2. The maximum Gasteiger partial charge on any atom is 0.159 e. The molecule has 0 saturated heterocycles. The molecule has 0 amide bonds. The molecule has 206 valence electrons. The minimum atomic E-state index is 0.659. The minimum absolute atomic E-state index is 0.659. The summed E-state index contributed by atoms with van der Waals surface area (Å²) < 4.78 is 13.3. The number of anilines is 3. The van der Waals surface area contributed by atoms with Crippen LogP contribution < -0.4 is 15.5 Å². The molecule has 2 aliphatic heterocycles. The summed E-state index contributed by atoms with van der Waals surface area (Å²) in [4.78, 5) is 2.33. The van der Waals surface area contributed by atoms with E-state index in [1.54, 1.807) is 0 Å². The van der Waals surface area contributed by atoms with Gasteiger partial charge in [-0.3, -0.25) is 0 Å². The number of fused-ring (bicyclic) bond motifs is 7. The number of furan rings is 2. The highest BCUT2D eigenvalue weighted by molar-refractivity contribution is 6.09. The Balaban J connectivity index is 1.40. The zero-order valence-corrected chi connectivity index (χ0v) is 23.3. The Morgan fingerprint density at radius 1 is 0.558 bits per heavy atom. The number of hydrogen-bond acceptors (Lipinski definition) is 5. The summed E-state index contributed by atoms with van der Waals surface area (Å²) in [5.74, 6) is 1.84. The van der Waals surface area contributed by atoms with Gasteiger partial charge in [-0.05, 0) is 59.1 Å². The molecule has 2 aliphatic rings. The van der Waals surface area contributed by atoms with Crippen molar-refractivity contribution in [3.63, 3.8) is 0 Å². The van der Waals surface area contributed by atoms with Gasteiger partial charge in [0.2, 0.25) is 0 Å². The minimum Gasteiger partial charge on any atom is -0.456 e. The summed E-state index contributed by atoms with van der Waals surface area (Å²) in [5, 5.41) is 11.2. The van der Waals surface area contributed by atoms with Crippen molar-refractivity contribution >= 4 is 61.9 Å². The van der Waals surface area contributed by atoms with E-state index in [-0.39, 0.29) is 0 Å². The molecule has 5 nitrogen and oxygen atoms in total. The van der Waals surface area contributed by atoms with E-state index in [0.29, 0.717) is 6.54 Å². The molecule has 0 radical (unpaired) electrons. The average Bonchev–Trinajstić information content (AvgIpc) is 3.65. The molecule has 0 aliphatic carbocycles. The fraction of sp³-hybridized carbons (Fsp3) is 0.0526. The third kappa shape index (κ3) is 3.71. The standard InChI is InChI=1S/C38H27N3O2/c1-2-8-24(9-3-1)26-20-25-10-4-5-11-27(25)34(21-26)41(32-14-6-12-29-28-16-18-40-23-36(28)43-37(29)32)33-15-7-13-30-31-22-39-19-17-35(31)42-38(30)33/h1-21,39-40H,22-23H2. The molecule has 9 rings (SSSR count). The number of para-hydroxylation sites is 2. The van der Waals surface area contributed by atoms with Gasteiger partial charge in [-0.15, -0.1) is 0 Å². The third-order valence-electron chi connectivity index (χ3n) is 8.57. The van der Waals surface area contributed by atoms with E-state index < -0.39 is 0 Å². The van der Waals surface area contributed by atoms with Gasteiger partial charge in [-0.25, -0.2) is 0 Å². The van der Waals surface area contributed by atoms with E-state index in [1.165, 1.54) is 16.5 Å². The first-order chi connectivity index (χ1) is 21.3. The lowest BCUT2D eigenvalue weighted by molar-refractivity contribution is 0.533. The quantitative estimate of drug-likeness (QED) is 0.226. The van der Waals surface area contributed by atoms with Crippen LogP contribution in [0.3, 0.4) is 0 Å². The van der Waals surface area contributed by atoms with Crippen LogP contribution in [0.25, 0.3) is 56.0 Å². The van der Waals surface area contributed by atoms with Crippen molar-refractivity contribution in [1.82, 2.24) is 10.6 Å². The van der Waals surface area contributed by atoms with Crippen LogP contribution in [0.4, 0.5) is 17.1 Å². The lowest BCUT2D eigenvalue weighted by atomic mass is 9.98. The average molecular weight is 558 g/mol. The van der Waals surface area contributed by atoms with Crippen molar-refractivity contribution in [2.24, 2.45) is 0 Å². The Bertz CT molecular complexity index is 2240. The summed E-state index contributed by atoms with van der Waals surface area (Å²) in [6, 6.07) is 36.6. The zero-order valence-electron chi connectivity index (χ0n) is 23.3. The molecule has 43 heavy (non-hydrogen) atoms. The van der Waals surface area contributed by atoms with Gasteiger partial charge in [-0.2, -0.15) is 0 Å². The van der Waals surface area contributed by atoms with Gasteiger partial charge in [-0.1, -0.05) is 78.9 Å². The monoisotopic (exact) mass is 557 g/mol. The number of benzene rings is 5. The van der Waals surface area contributed by atoms with Crippen molar-refractivity contribution in [3.8, 4) is 11.1 Å². The Morgan fingerprint density at radius 2 is 1.28 bits per heavy atom. The van der Waals surface area contributed by atoms with Crippen molar-refractivity contribution in [2.45, 2.75) is 13.1 Å². The zero-order chi connectivity index (χ0) is 28.3. The van der Waals surface area contributed by atoms with E-state index in [0.717, 1.165) is 73.6 Å². The Morgan fingerprint density at radius 3 is 2.16 bits per heavy atom.